The summed E-state index contributed by atoms with van der Waals surface area (Å²) in [6.07, 6.45) is 10.3. The second kappa shape index (κ2) is 7.18. The second-order valence-electron chi connectivity index (χ2n) is 10.2. The third-order valence-electron chi connectivity index (χ3n) is 7.92. The highest BCUT2D eigenvalue weighted by Gasteiger charge is 2.51. The molecular weight excluding hydrogens is 402 g/mol. The topological polar surface area (TPSA) is 125 Å². The Morgan fingerprint density at radius 2 is 1.69 bits per heavy atom. The summed E-state index contributed by atoms with van der Waals surface area (Å²) < 4.78 is 1.79. The number of amides is 1. The molecule has 1 aromatic carbocycles. The monoisotopic (exact) mass is 431 g/mol. The number of nitrogens with zero attached hydrogens (tertiary/aromatic N) is 4. The van der Waals surface area contributed by atoms with Crippen LogP contribution in [0.4, 0.5) is 17.5 Å². The summed E-state index contributed by atoms with van der Waals surface area (Å²) in [6, 6.07) is 8.61. The van der Waals surface area contributed by atoms with Crippen molar-refractivity contribution in [3.05, 3.63) is 36.2 Å². The fourth-order valence-corrected chi connectivity index (χ4v) is 7.01. The van der Waals surface area contributed by atoms with Crippen molar-refractivity contribution in [2.75, 3.05) is 16.8 Å². The van der Waals surface area contributed by atoms with Gasteiger partial charge in [-0.25, -0.2) is 4.98 Å². The molecule has 2 aromatic heterocycles. The Morgan fingerprint density at radius 1 is 1.03 bits per heavy atom. The van der Waals surface area contributed by atoms with Crippen LogP contribution in [0.3, 0.4) is 0 Å². The summed E-state index contributed by atoms with van der Waals surface area (Å²) in [7, 11) is 0. The van der Waals surface area contributed by atoms with E-state index < -0.39 is 0 Å². The van der Waals surface area contributed by atoms with E-state index in [0.717, 1.165) is 23.4 Å². The molecule has 0 atom stereocenters. The lowest BCUT2D eigenvalue weighted by Gasteiger charge is -2.57. The number of hydrogen-bond donors (Lipinski definition) is 3. The molecule has 0 aliphatic heterocycles. The van der Waals surface area contributed by atoms with Gasteiger partial charge >= 0.3 is 0 Å². The smallest absolute Gasteiger partial charge is 0.226 e. The summed E-state index contributed by atoms with van der Waals surface area (Å²) in [4.78, 5) is 24.8. The van der Waals surface area contributed by atoms with Crippen LogP contribution >= 0.6 is 0 Å². The number of hydrogen-bond acceptors (Lipinski definition) is 6. The quantitative estimate of drug-likeness (QED) is 0.568. The average molecular weight is 432 g/mol. The number of aryl methyl sites for hydroxylation is 1. The highest BCUT2D eigenvalue weighted by atomic mass is 16.1. The number of nitrogens with one attached hydrogen (secondary N) is 1. The number of rotatable bonds is 5. The first-order valence-corrected chi connectivity index (χ1v) is 11.6. The summed E-state index contributed by atoms with van der Waals surface area (Å²) in [6.45, 7) is 0.436. The lowest BCUT2D eigenvalue weighted by atomic mass is 9.48. The Labute approximate surface area is 186 Å². The number of aromatic nitrogens is 4. The standard InChI is InChI=1S/C24H29N7O/c25-21-20-22(30-23(26)29-21)27-13-31(20)6-5-19(32)28-18-3-1-17(2-4-18)24-10-14-7-15(11-24)9-16(8-14)12-24/h1-4,13-16H,5-12H2,(H,28,32)(H4,25,26,29,30). The van der Waals surface area contributed by atoms with Crippen LogP contribution in [-0.2, 0) is 16.8 Å². The maximum atomic E-state index is 12.6. The minimum absolute atomic E-state index is 0.0515. The minimum atomic E-state index is -0.0515. The molecule has 2 heterocycles. The Bertz CT molecular complexity index is 1150. The van der Waals surface area contributed by atoms with Crippen molar-refractivity contribution >= 4 is 34.5 Å². The molecule has 4 bridgehead atoms. The average Bonchev–Trinajstić information content (AvgIpc) is 3.15. The predicted molar refractivity (Wildman–Crippen MR) is 124 cm³/mol. The maximum Gasteiger partial charge on any atom is 0.226 e. The van der Waals surface area contributed by atoms with Gasteiger partial charge in [0.05, 0.1) is 6.33 Å². The van der Waals surface area contributed by atoms with E-state index in [-0.39, 0.29) is 17.7 Å². The molecule has 0 saturated heterocycles. The zero-order valence-electron chi connectivity index (χ0n) is 18.1. The molecule has 0 unspecified atom stereocenters. The minimum Gasteiger partial charge on any atom is -0.382 e. The molecule has 4 aliphatic carbocycles. The van der Waals surface area contributed by atoms with Crippen LogP contribution in [-0.4, -0.2) is 25.4 Å². The number of imidazole rings is 1. The van der Waals surface area contributed by atoms with Crippen LogP contribution in [0.5, 0.6) is 0 Å². The zero-order chi connectivity index (χ0) is 21.9. The van der Waals surface area contributed by atoms with Gasteiger partial charge in [-0.2, -0.15) is 9.97 Å². The first kappa shape index (κ1) is 19.5. The van der Waals surface area contributed by atoms with Crippen LogP contribution in [0.15, 0.2) is 30.6 Å². The van der Waals surface area contributed by atoms with Crippen LogP contribution in [0.2, 0.25) is 0 Å². The lowest BCUT2D eigenvalue weighted by molar-refractivity contribution is -0.116. The highest BCUT2D eigenvalue weighted by molar-refractivity contribution is 5.91. The van der Waals surface area contributed by atoms with Crippen molar-refractivity contribution in [2.45, 2.75) is 56.9 Å². The van der Waals surface area contributed by atoms with E-state index in [1.165, 1.54) is 44.1 Å². The number of nitrogens with two attached hydrogens (primary N) is 2. The maximum absolute atomic E-state index is 12.6. The van der Waals surface area contributed by atoms with Crippen molar-refractivity contribution in [3.63, 3.8) is 0 Å². The van der Waals surface area contributed by atoms with Crippen molar-refractivity contribution < 1.29 is 4.79 Å². The predicted octanol–water partition coefficient (Wildman–Crippen LogP) is 3.49. The lowest BCUT2D eigenvalue weighted by Crippen LogP contribution is -2.48. The number of nitrogen functional groups attached to an aromatic ring is 2. The number of fused-ring (bicyclic) bond motifs is 1. The van der Waals surface area contributed by atoms with Crippen molar-refractivity contribution in [1.82, 2.24) is 19.5 Å². The van der Waals surface area contributed by atoms with Gasteiger partial charge in [0.1, 0.15) is 5.52 Å². The molecule has 8 nitrogen and oxygen atoms in total. The van der Waals surface area contributed by atoms with Crippen LogP contribution < -0.4 is 16.8 Å². The van der Waals surface area contributed by atoms with Crippen molar-refractivity contribution in [1.29, 1.82) is 0 Å². The number of carbonyl (C=O) groups excluding carboxylic acids is 1. The Morgan fingerprint density at radius 3 is 2.34 bits per heavy atom. The summed E-state index contributed by atoms with van der Waals surface area (Å²) >= 11 is 0. The van der Waals surface area contributed by atoms with E-state index in [4.69, 9.17) is 11.5 Å². The van der Waals surface area contributed by atoms with Crippen molar-refractivity contribution in [2.24, 2.45) is 17.8 Å². The first-order valence-electron chi connectivity index (χ1n) is 11.6. The number of anilines is 3. The summed E-state index contributed by atoms with van der Waals surface area (Å²) in [5.41, 5.74) is 15.3. The van der Waals surface area contributed by atoms with E-state index in [1.807, 2.05) is 0 Å². The highest BCUT2D eigenvalue weighted by Crippen LogP contribution is 2.60. The van der Waals surface area contributed by atoms with Gasteiger partial charge in [0.2, 0.25) is 11.9 Å². The zero-order valence-corrected chi connectivity index (χ0v) is 18.1. The third-order valence-corrected chi connectivity index (χ3v) is 7.92. The fourth-order valence-electron chi connectivity index (χ4n) is 7.01. The van der Waals surface area contributed by atoms with Crippen molar-refractivity contribution in [3.8, 4) is 0 Å². The van der Waals surface area contributed by atoms with E-state index in [9.17, 15) is 4.79 Å². The van der Waals surface area contributed by atoms with E-state index in [0.29, 0.717) is 29.5 Å². The Hall–Kier alpha value is -3.16. The second-order valence-corrected chi connectivity index (χ2v) is 10.2. The molecule has 0 radical (unpaired) electrons. The molecule has 0 spiro atoms. The summed E-state index contributed by atoms with van der Waals surface area (Å²) in [5, 5.41) is 3.02. The Kier molecular flexibility index (Phi) is 4.38. The van der Waals surface area contributed by atoms with Gasteiger partial charge in [-0.1, -0.05) is 12.1 Å². The van der Waals surface area contributed by atoms with Gasteiger partial charge in [-0.15, -0.1) is 0 Å². The molecule has 166 valence electrons. The molecule has 8 heteroatoms. The molecule has 3 aromatic rings. The van der Waals surface area contributed by atoms with E-state index >= 15 is 0 Å². The largest absolute Gasteiger partial charge is 0.382 e. The van der Waals surface area contributed by atoms with Gasteiger partial charge in [0.25, 0.3) is 0 Å². The molecule has 4 aliphatic rings. The first-order chi connectivity index (χ1) is 15.5. The van der Waals surface area contributed by atoms with E-state index in [1.54, 1.807) is 10.9 Å². The van der Waals surface area contributed by atoms with Crippen LogP contribution in [0.25, 0.3) is 11.2 Å². The van der Waals surface area contributed by atoms with Crippen LogP contribution in [0.1, 0.15) is 50.5 Å². The normalized spacial score (nSPS) is 28.3. The molecule has 1 amide bonds. The molecule has 32 heavy (non-hydrogen) atoms. The SMILES string of the molecule is Nc1nc(N)c2c(ncn2CCC(=O)Nc2ccc(C34CC5CC(CC(C5)C3)C4)cc2)n1. The Balaban J connectivity index is 1.11. The fraction of sp³-hybridized carbons (Fsp3) is 0.500. The number of benzene rings is 1. The van der Waals surface area contributed by atoms with Gasteiger partial charge in [-0.05, 0) is 79.4 Å². The molecule has 7 rings (SSSR count). The van der Waals surface area contributed by atoms with Gasteiger partial charge < -0.3 is 21.4 Å². The molecule has 4 fully saturated rings. The summed E-state index contributed by atoms with van der Waals surface area (Å²) in [5.74, 6) is 3.09. The third kappa shape index (κ3) is 3.29. The van der Waals surface area contributed by atoms with Gasteiger partial charge in [-0.3, -0.25) is 4.79 Å². The van der Waals surface area contributed by atoms with Crippen LogP contribution in [0, 0.1) is 17.8 Å². The van der Waals surface area contributed by atoms with Gasteiger partial charge in [0, 0.05) is 18.7 Å². The van der Waals surface area contributed by atoms with E-state index in [2.05, 4.69) is 44.5 Å². The molecule has 4 saturated carbocycles. The molecular formula is C24H29N7O. The molecule has 5 N–H and O–H groups in total. The number of carbonyl (C=O) groups is 1. The van der Waals surface area contributed by atoms with Gasteiger partial charge in [0.15, 0.2) is 11.5 Å².